The molecule has 0 aliphatic carbocycles. The van der Waals surface area contributed by atoms with Crippen molar-refractivity contribution in [2.75, 3.05) is 45.9 Å². The maximum atomic E-state index is 12.5. The van der Waals surface area contributed by atoms with Gasteiger partial charge in [-0.15, -0.1) is 24.0 Å². The molecule has 0 spiro atoms. The van der Waals surface area contributed by atoms with Crippen LogP contribution in [0, 0.1) is 0 Å². The van der Waals surface area contributed by atoms with Crippen LogP contribution in [0.5, 0.6) is 0 Å². The van der Waals surface area contributed by atoms with Gasteiger partial charge in [-0.3, -0.25) is 9.79 Å². The van der Waals surface area contributed by atoms with Crippen molar-refractivity contribution in [3.63, 3.8) is 0 Å². The molecule has 2 fully saturated rings. The first-order valence-electron chi connectivity index (χ1n) is 10.6. The fraction of sp³-hybridized carbons (Fsp3) is 0.571. The lowest BCUT2D eigenvalue weighted by Crippen LogP contribution is -2.55. The Morgan fingerprint density at radius 3 is 2.73 bits per heavy atom. The molecule has 1 atom stereocenters. The van der Waals surface area contributed by atoms with Crippen LogP contribution in [0.3, 0.4) is 0 Å². The molecule has 4 rings (SSSR count). The topological polar surface area (TPSA) is 85.9 Å². The van der Waals surface area contributed by atoms with E-state index < -0.39 is 0 Å². The molecule has 1 aromatic heterocycles. The molecule has 2 saturated heterocycles. The van der Waals surface area contributed by atoms with E-state index in [1.54, 1.807) is 0 Å². The largest absolute Gasteiger partial charge is 0.368 e. The van der Waals surface area contributed by atoms with Crippen molar-refractivity contribution in [1.82, 2.24) is 25.1 Å². The number of carbonyl (C=O) groups is 1. The van der Waals surface area contributed by atoms with E-state index in [1.807, 2.05) is 29.2 Å². The second kappa shape index (κ2) is 10.9. The lowest BCUT2D eigenvalue weighted by atomic mass is 10.2. The van der Waals surface area contributed by atoms with Crippen LogP contribution < -0.4 is 5.32 Å². The number of nitrogens with zero attached hydrogens (tertiary/aromatic N) is 4. The summed E-state index contributed by atoms with van der Waals surface area (Å²) < 4.78 is 5.55. The van der Waals surface area contributed by atoms with Crippen molar-refractivity contribution in [3.05, 3.63) is 30.1 Å². The summed E-state index contributed by atoms with van der Waals surface area (Å²) in [6.07, 6.45) is 2.37. The monoisotopic (exact) mass is 526 g/mol. The molecule has 2 aliphatic heterocycles. The highest BCUT2D eigenvalue weighted by Gasteiger charge is 2.30. The first-order chi connectivity index (χ1) is 14.2. The predicted molar refractivity (Wildman–Crippen MR) is 128 cm³/mol. The van der Waals surface area contributed by atoms with Gasteiger partial charge in [0.15, 0.2) is 5.96 Å². The molecular formula is C21H31IN6O2. The first-order valence-corrected chi connectivity index (χ1v) is 10.6. The van der Waals surface area contributed by atoms with Gasteiger partial charge in [-0.1, -0.05) is 12.1 Å². The van der Waals surface area contributed by atoms with Crippen LogP contribution in [0.25, 0.3) is 11.0 Å². The highest BCUT2D eigenvalue weighted by Crippen LogP contribution is 2.16. The second-order valence-corrected chi connectivity index (χ2v) is 7.50. The summed E-state index contributed by atoms with van der Waals surface area (Å²) in [5.74, 6) is 2.01. The average molecular weight is 526 g/mol. The van der Waals surface area contributed by atoms with Crippen molar-refractivity contribution in [2.45, 2.75) is 32.3 Å². The van der Waals surface area contributed by atoms with Gasteiger partial charge in [-0.2, -0.15) is 0 Å². The Balaban J connectivity index is 0.00000256. The zero-order valence-corrected chi connectivity index (χ0v) is 19.8. The van der Waals surface area contributed by atoms with Crippen LogP contribution in [-0.4, -0.2) is 83.6 Å². The summed E-state index contributed by atoms with van der Waals surface area (Å²) >= 11 is 0. The molecule has 2 aromatic rings. The number of rotatable bonds is 5. The molecule has 2 aliphatic rings. The fourth-order valence-corrected chi connectivity index (χ4v) is 3.93. The third-order valence-electron chi connectivity index (χ3n) is 5.48. The number of hydrogen-bond acceptors (Lipinski definition) is 4. The number of aromatic nitrogens is 2. The lowest BCUT2D eigenvalue weighted by Gasteiger charge is -2.37. The Labute approximate surface area is 194 Å². The molecule has 0 bridgehead atoms. The van der Waals surface area contributed by atoms with Crippen LogP contribution in [0.4, 0.5) is 0 Å². The van der Waals surface area contributed by atoms with E-state index in [0.29, 0.717) is 26.2 Å². The minimum absolute atomic E-state index is 0. The van der Waals surface area contributed by atoms with E-state index in [0.717, 1.165) is 61.7 Å². The Hall–Kier alpha value is -1.88. The summed E-state index contributed by atoms with van der Waals surface area (Å²) in [5.41, 5.74) is 2.05. The number of fused-ring (bicyclic) bond motifs is 1. The number of guanidine groups is 1. The van der Waals surface area contributed by atoms with E-state index in [9.17, 15) is 4.79 Å². The SMILES string of the molecule is CCNC(=NCCc1nc2ccccc2[nH]1)N1CCN(C(=O)C2CCCO2)CC1.I. The number of benzene rings is 1. The van der Waals surface area contributed by atoms with Crippen molar-refractivity contribution < 1.29 is 9.53 Å². The Morgan fingerprint density at radius 2 is 2.03 bits per heavy atom. The number of para-hydroxylation sites is 2. The molecule has 9 heteroatoms. The number of carbonyl (C=O) groups excluding carboxylic acids is 1. The van der Waals surface area contributed by atoms with Gasteiger partial charge < -0.3 is 24.8 Å². The highest BCUT2D eigenvalue weighted by molar-refractivity contribution is 14.0. The summed E-state index contributed by atoms with van der Waals surface area (Å²) in [7, 11) is 0. The van der Waals surface area contributed by atoms with Crippen LogP contribution in [0.15, 0.2) is 29.3 Å². The number of halogens is 1. The molecular weight excluding hydrogens is 495 g/mol. The number of imidazole rings is 1. The molecule has 1 unspecified atom stereocenters. The van der Waals surface area contributed by atoms with Crippen LogP contribution in [-0.2, 0) is 16.0 Å². The van der Waals surface area contributed by atoms with Crippen molar-refractivity contribution >= 4 is 46.9 Å². The van der Waals surface area contributed by atoms with Crippen molar-refractivity contribution in [1.29, 1.82) is 0 Å². The smallest absolute Gasteiger partial charge is 0.251 e. The van der Waals surface area contributed by atoms with Gasteiger partial charge in [-0.05, 0) is 31.9 Å². The summed E-state index contributed by atoms with van der Waals surface area (Å²) in [6, 6.07) is 8.06. The molecule has 164 valence electrons. The standard InChI is InChI=1S/C21H30N6O2.HI/c1-2-22-21(23-10-9-19-24-16-6-3-4-7-17(16)25-19)27-13-11-26(12-14-27)20(28)18-8-5-15-29-18;/h3-4,6-7,18H,2,5,8-15H2,1H3,(H,22,23)(H,24,25);1H. The van der Waals surface area contributed by atoms with Crippen molar-refractivity contribution in [3.8, 4) is 0 Å². The molecule has 1 aromatic carbocycles. The van der Waals surface area contributed by atoms with Crippen LogP contribution >= 0.6 is 24.0 Å². The zero-order valence-electron chi connectivity index (χ0n) is 17.5. The van der Waals surface area contributed by atoms with E-state index in [1.165, 1.54) is 0 Å². The van der Waals surface area contributed by atoms with E-state index in [4.69, 9.17) is 9.73 Å². The molecule has 0 saturated carbocycles. The molecule has 1 amide bonds. The van der Waals surface area contributed by atoms with Gasteiger partial charge in [0.2, 0.25) is 0 Å². The summed E-state index contributed by atoms with van der Waals surface area (Å²) in [4.78, 5) is 29.5. The molecule has 30 heavy (non-hydrogen) atoms. The van der Waals surface area contributed by atoms with E-state index in [-0.39, 0.29) is 36.0 Å². The molecule has 2 N–H and O–H groups in total. The Bertz CT molecular complexity index is 823. The maximum Gasteiger partial charge on any atom is 0.251 e. The number of hydrogen-bond donors (Lipinski definition) is 2. The second-order valence-electron chi connectivity index (χ2n) is 7.50. The van der Waals surface area contributed by atoms with Gasteiger partial charge in [0.05, 0.1) is 11.0 Å². The van der Waals surface area contributed by atoms with E-state index >= 15 is 0 Å². The normalized spacial score (nSPS) is 19.8. The average Bonchev–Trinajstić information content (AvgIpc) is 3.42. The Morgan fingerprint density at radius 1 is 1.27 bits per heavy atom. The molecule has 8 nitrogen and oxygen atoms in total. The van der Waals surface area contributed by atoms with Crippen molar-refractivity contribution in [2.24, 2.45) is 4.99 Å². The first kappa shape index (κ1) is 22.8. The zero-order chi connectivity index (χ0) is 20.1. The quantitative estimate of drug-likeness (QED) is 0.354. The third kappa shape index (κ3) is 5.42. The molecule has 0 radical (unpaired) electrons. The summed E-state index contributed by atoms with van der Waals surface area (Å²) in [6.45, 7) is 7.27. The van der Waals surface area contributed by atoms with Gasteiger partial charge in [0, 0.05) is 52.3 Å². The maximum absolute atomic E-state index is 12.5. The number of ether oxygens (including phenoxy) is 1. The fourth-order valence-electron chi connectivity index (χ4n) is 3.93. The van der Waals surface area contributed by atoms with Crippen LogP contribution in [0.1, 0.15) is 25.6 Å². The van der Waals surface area contributed by atoms with Gasteiger partial charge in [0.1, 0.15) is 11.9 Å². The highest BCUT2D eigenvalue weighted by atomic mass is 127. The minimum atomic E-state index is -0.229. The number of aliphatic imine (C=N–C) groups is 1. The third-order valence-corrected chi connectivity index (χ3v) is 5.48. The number of piperazine rings is 1. The summed E-state index contributed by atoms with van der Waals surface area (Å²) in [5, 5.41) is 3.38. The number of aromatic amines is 1. The number of nitrogens with one attached hydrogen (secondary N) is 2. The minimum Gasteiger partial charge on any atom is -0.368 e. The predicted octanol–water partition coefficient (Wildman–Crippen LogP) is 2.01. The number of amides is 1. The number of H-pyrrole nitrogens is 1. The van der Waals surface area contributed by atoms with Gasteiger partial charge in [0.25, 0.3) is 5.91 Å². The lowest BCUT2D eigenvalue weighted by molar-refractivity contribution is -0.142. The van der Waals surface area contributed by atoms with Gasteiger partial charge in [-0.25, -0.2) is 4.98 Å². The molecule has 3 heterocycles. The van der Waals surface area contributed by atoms with Gasteiger partial charge >= 0.3 is 0 Å². The van der Waals surface area contributed by atoms with Crippen LogP contribution in [0.2, 0.25) is 0 Å². The Kier molecular flexibility index (Phi) is 8.32. The van der Waals surface area contributed by atoms with E-state index in [2.05, 4.69) is 27.1 Å².